The molecule has 0 aliphatic rings. The molecule has 0 bridgehead atoms. The van der Waals surface area contributed by atoms with Crippen LogP contribution in [-0.4, -0.2) is 16.7 Å². The molecule has 0 saturated carbocycles. The SMILES string of the molecule is CC(=O)CC(/C=C(\C)CCC=C(C)C)C(C)[N+](=O)[O-]. The van der Waals surface area contributed by atoms with Gasteiger partial charge in [0.2, 0.25) is 6.04 Å². The van der Waals surface area contributed by atoms with Crippen LogP contribution in [0.4, 0.5) is 0 Å². The van der Waals surface area contributed by atoms with Crippen molar-refractivity contribution < 1.29 is 9.72 Å². The van der Waals surface area contributed by atoms with Gasteiger partial charge < -0.3 is 4.79 Å². The molecule has 19 heavy (non-hydrogen) atoms. The highest BCUT2D eigenvalue weighted by Gasteiger charge is 2.25. The van der Waals surface area contributed by atoms with E-state index >= 15 is 0 Å². The van der Waals surface area contributed by atoms with Crippen molar-refractivity contribution in [2.75, 3.05) is 0 Å². The molecule has 4 heteroatoms. The van der Waals surface area contributed by atoms with E-state index in [1.54, 1.807) is 6.92 Å². The Morgan fingerprint density at radius 2 is 1.84 bits per heavy atom. The Morgan fingerprint density at radius 3 is 2.26 bits per heavy atom. The molecular formula is C15H25NO3. The summed E-state index contributed by atoms with van der Waals surface area (Å²) in [4.78, 5) is 21.8. The highest BCUT2D eigenvalue weighted by molar-refractivity contribution is 5.76. The fraction of sp³-hybridized carbons (Fsp3) is 0.667. The van der Waals surface area contributed by atoms with E-state index in [0.717, 1.165) is 18.4 Å². The highest BCUT2D eigenvalue weighted by Crippen LogP contribution is 2.18. The molecule has 0 fully saturated rings. The van der Waals surface area contributed by atoms with Crippen LogP contribution in [0.3, 0.4) is 0 Å². The van der Waals surface area contributed by atoms with Crippen molar-refractivity contribution in [1.29, 1.82) is 0 Å². The molecule has 0 N–H and O–H groups in total. The summed E-state index contributed by atoms with van der Waals surface area (Å²) in [6, 6.07) is -0.720. The molecule has 0 aromatic rings. The van der Waals surface area contributed by atoms with Crippen LogP contribution < -0.4 is 0 Å². The molecule has 0 aromatic carbocycles. The van der Waals surface area contributed by atoms with Crippen LogP contribution in [0.15, 0.2) is 23.3 Å². The van der Waals surface area contributed by atoms with Gasteiger partial charge in [0.05, 0.1) is 5.92 Å². The number of carbonyl (C=O) groups excluding carboxylic acids is 1. The fourth-order valence-corrected chi connectivity index (χ4v) is 1.89. The van der Waals surface area contributed by atoms with Crippen molar-refractivity contribution in [3.8, 4) is 0 Å². The van der Waals surface area contributed by atoms with Crippen LogP contribution in [0.1, 0.15) is 53.9 Å². The maximum atomic E-state index is 11.2. The van der Waals surface area contributed by atoms with Crippen molar-refractivity contribution in [3.63, 3.8) is 0 Å². The molecule has 0 saturated heterocycles. The Balaban J connectivity index is 4.72. The zero-order chi connectivity index (χ0) is 15.0. The maximum absolute atomic E-state index is 11.2. The van der Waals surface area contributed by atoms with Gasteiger partial charge in [-0.1, -0.05) is 23.3 Å². The van der Waals surface area contributed by atoms with Crippen LogP contribution in [0.5, 0.6) is 0 Å². The van der Waals surface area contributed by atoms with E-state index in [2.05, 4.69) is 6.08 Å². The minimum Gasteiger partial charge on any atom is -0.300 e. The first-order valence-corrected chi connectivity index (χ1v) is 6.67. The second kappa shape index (κ2) is 8.62. The number of hydrogen-bond donors (Lipinski definition) is 0. The molecule has 2 unspecified atom stereocenters. The maximum Gasteiger partial charge on any atom is 0.217 e. The van der Waals surface area contributed by atoms with Gasteiger partial charge >= 0.3 is 0 Å². The van der Waals surface area contributed by atoms with Gasteiger partial charge in [-0.15, -0.1) is 0 Å². The minimum atomic E-state index is -0.720. The zero-order valence-electron chi connectivity index (χ0n) is 12.6. The molecule has 0 heterocycles. The molecule has 108 valence electrons. The lowest BCUT2D eigenvalue weighted by molar-refractivity contribution is -0.525. The molecule has 2 atom stereocenters. The third-order valence-electron chi connectivity index (χ3n) is 3.07. The normalized spacial score (nSPS) is 14.7. The summed E-state index contributed by atoms with van der Waals surface area (Å²) in [5.41, 5.74) is 2.38. The number of allylic oxidation sites excluding steroid dienone is 3. The van der Waals surface area contributed by atoms with Crippen molar-refractivity contribution in [2.24, 2.45) is 5.92 Å². The third kappa shape index (κ3) is 8.30. The highest BCUT2D eigenvalue weighted by atomic mass is 16.6. The summed E-state index contributed by atoms with van der Waals surface area (Å²) in [6.07, 6.45) is 6.10. The minimum absolute atomic E-state index is 0.00736. The van der Waals surface area contributed by atoms with E-state index in [1.807, 2.05) is 26.8 Å². The average molecular weight is 267 g/mol. The van der Waals surface area contributed by atoms with Crippen molar-refractivity contribution in [3.05, 3.63) is 33.4 Å². The lowest BCUT2D eigenvalue weighted by atomic mass is 9.92. The van der Waals surface area contributed by atoms with Crippen molar-refractivity contribution >= 4 is 5.78 Å². The standard InChI is InChI=1S/C15H25NO3/c1-11(2)7-6-8-12(3)9-15(10-13(4)17)14(5)16(18)19/h7,9,14-15H,6,8,10H2,1-5H3/b12-9+. The smallest absolute Gasteiger partial charge is 0.217 e. The second-order valence-electron chi connectivity index (χ2n) is 5.43. The molecule has 0 spiro atoms. The molecule has 0 aromatic heterocycles. The Morgan fingerprint density at radius 1 is 1.26 bits per heavy atom. The van der Waals surface area contributed by atoms with Gasteiger partial charge in [0.1, 0.15) is 5.78 Å². The van der Waals surface area contributed by atoms with E-state index in [9.17, 15) is 14.9 Å². The molecule has 0 rings (SSSR count). The van der Waals surface area contributed by atoms with Crippen LogP contribution in [0.25, 0.3) is 0 Å². The molecule has 4 nitrogen and oxygen atoms in total. The number of Topliss-reactive ketones (excluding diaryl/α,β-unsaturated/α-hetero) is 1. The summed E-state index contributed by atoms with van der Waals surface area (Å²) in [6.45, 7) is 9.11. The summed E-state index contributed by atoms with van der Waals surface area (Å²) in [5.74, 6) is -0.314. The largest absolute Gasteiger partial charge is 0.300 e. The number of ketones is 1. The van der Waals surface area contributed by atoms with Gasteiger partial charge in [0, 0.05) is 18.3 Å². The molecule has 0 radical (unpaired) electrons. The van der Waals surface area contributed by atoms with Gasteiger partial charge in [-0.3, -0.25) is 10.1 Å². The Kier molecular flexibility index (Phi) is 7.96. The Labute approximate surface area is 115 Å². The van der Waals surface area contributed by atoms with Gasteiger partial charge in [0.15, 0.2) is 0 Å². The average Bonchev–Trinajstić information content (AvgIpc) is 2.25. The van der Waals surface area contributed by atoms with Crippen LogP contribution in [0, 0.1) is 16.0 Å². The lowest BCUT2D eigenvalue weighted by Crippen LogP contribution is -2.26. The van der Waals surface area contributed by atoms with E-state index in [0.29, 0.717) is 0 Å². The Hall–Kier alpha value is -1.45. The second-order valence-corrected chi connectivity index (χ2v) is 5.43. The van der Waals surface area contributed by atoms with Crippen molar-refractivity contribution in [2.45, 2.75) is 59.9 Å². The lowest BCUT2D eigenvalue weighted by Gasteiger charge is -2.14. The fourth-order valence-electron chi connectivity index (χ4n) is 1.89. The monoisotopic (exact) mass is 267 g/mol. The van der Waals surface area contributed by atoms with E-state index in [-0.39, 0.29) is 23.0 Å². The summed E-state index contributed by atoms with van der Waals surface area (Å²) in [7, 11) is 0. The number of nitro groups is 1. The quantitative estimate of drug-likeness (QED) is 0.380. The Bertz CT molecular complexity index is 379. The van der Waals surface area contributed by atoms with Gasteiger partial charge in [-0.05, 0) is 40.5 Å². The van der Waals surface area contributed by atoms with E-state index in [1.165, 1.54) is 12.5 Å². The van der Waals surface area contributed by atoms with Gasteiger partial charge in [-0.25, -0.2) is 0 Å². The molecule has 0 aliphatic heterocycles. The molecule has 0 amide bonds. The third-order valence-corrected chi connectivity index (χ3v) is 3.07. The summed E-state index contributed by atoms with van der Waals surface area (Å²) in [5, 5.41) is 10.9. The van der Waals surface area contributed by atoms with Crippen molar-refractivity contribution in [1.82, 2.24) is 0 Å². The zero-order valence-corrected chi connectivity index (χ0v) is 12.6. The van der Waals surface area contributed by atoms with Crippen LogP contribution >= 0.6 is 0 Å². The number of hydrogen-bond acceptors (Lipinski definition) is 3. The van der Waals surface area contributed by atoms with E-state index < -0.39 is 6.04 Å². The van der Waals surface area contributed by atoms with Gasteiger partial charge in [0.25, 0.3) is 0 Å². The predicted molar refractivity (Wildman–Crippen MR) is 77.7 cm³/mol. The first-order valence-electron chi connectivity index (χ1n) is 6.67. The van der Waals surface area contributed by atoms with Gasteiger partial charge in [-0.2, -0.15) is 0 Å². The topological polar surface area (TPSA) is 60.2 Å². The summed E-state index contributed by atoms with van der Waals surface area (Å²) >= 11 is 0. The number of carbonyl (C=O) groups is 1. The molecular weight excluding hydrogens is 242 g/mol. The van der Waals surface area contributed by atoms with E-state index in [4.69, 9.17) is 0 Å². The van der Waals surface area contributed by atoms with Crippen LogP contribution in [0.2, 0.25) is 0 Å². The first-order chi connectivity index (χ1) is 8.73. The summed E-state index contributed by atoms with van der Waals surface area (Å²) < 4.78 is 0. The number of nitrogens with zero attached hydrogens (tertiary/aromatic N) is 1. The number of rotatable bonds is 8. The molecule has 0 aliphatic carbocycles. The van der Waals surface area contributed by atoms with Crippen LogP contribution in [-0.2, 0) is 4.79 Å². The predicted octanol–water partition coefficient (Wildman–Crippen LogP) is 3.94. The first kappa shape index (κ1) is 17.6.